The zero-order valence-corrected chi connectivity index (χ0v) is 11.7. The Morgan fingerprint density at radius 1 is 1.14 bits per heavy atom. The fourth-order valence-corrected chi connectivity index (χ4v) is 2.05. The van der Waals surface area contributed by atoms with Gasteiger partial charge in [0.2, 0.25) is 0 Å². The lowest BCUT2D eigenvalue weighted by Gasteiger charge is -2.11. The third kappa shape index (κ3) is 3.21. The van der Waals surface area contributed by atoms with Gasteiger partial charge in [-0.1, -0.05) is 23.7 Å². The lowest BCUT2D eigenvalue weighted by molar-refractivity contribution is -0.385. The van der Waals surface area contributed by atoms with Gasteiger partial charge in [-0.15, -0.1) is 0 Å². The molecule has 0 saturated heterocycles. The number of benzene rings is 2. The van der Waals surface area contributed by atoms with Gasteiger partial charge in [-0.3, -0.25) is 14.9 Å². The van der Waals surface area contributed by atoms with E-state index in [1.807, 2.05) is 0 Å². The van der Waals surface area contributed by atoms with Crippen LogP contribution in [0, 0.1) is 10.1 Å². The van der Waals surface area contributed by atoms with Crippen LogP contribution in [-0.4, -0.2) is 16.8 Å². The van der Waals surface area contributed by atoms with Gasteiger partial charge >= 0.3 is 0 Å². The van der Waals surface area contributed by atoms with Gasteiger partial charge in [-0.05, 0) is 24.3 Å². The molecule has 0 fully saturated rings. The number of rotatable bonds is 4. The Labute approximate surface area is 129 Å². The van der Waals surface area contributed by atoms with Gasteiger partial charge in [0, 0.05) is 16.8 Å². The predicted octanol–water partition coefficient (Wildman–Crippen LogP) is 1.86. The number of nitro groups is 1. The van der Waals surface area contributed by atoms with Crippen LogP contribution in [0.4, 0.5) is 11.4 Å². The number of carbonyl (C=O) groups excluding carboxylic acids is 2. The predicted molar refractivity (Wildman–Crippen MR) is 76.8 cm³/mol. The number of hydrogen-bond donors (Lipinski definition) is 1. The van der Waals surface area contributed by atoms with Gasteiger partial charge in [0.05, 0.1) is 22.0 Å². The Morgan fingerprint density at radius 3 is 2.41 bits per heavy atom. The Bertz CT molecular complexity index is 776. The number of nitrogens with zero attached hydrogens (tertiary/aromatic N) is 1. The van der Waals surface area contributed by atoms with Crippen molar-refractivity contribution in [3.63, 3.8) is 0 Å². The number of halogens is 1. The molecule has 2 aromatic rings. The number of carboxylic acids is 1. The maximum absolute atomic E-state index is 12.2. The quantitative estimate of drug-likeness (QED) is 0.682. The van der Waals surface area contributed by atoms with Gasteiger partial charge in [0.1, 0.15) is 0 Å². The number of nitrogens with one attached hydrogen (secondary N) is 1. The zero-order valence-electron chi connectivity index (χ0n) is 10.9. The second-order valence-electron chi connectivity index (χ2n) is 4.21. The van der Waals surface area contributed by atoms with Crippen molar-refractivity contribution < 1.29 is 19.6 Å². The van der Waals surface area contributed by atoms with Crippen molar-refractivity contribution in [3.05, 3.63) is 68.7 Å². The summed E-state index contributed by atoms with van der Waals surface area (Å²) in [4.78, 5) is 33.3. The number of carboxylic acid groups (broad SMARTS) is 1. The van der Waals surface area contributed by atoms with Crippen LogP contribution in [0.2, 0.25) is 5.02 Å². The summed E-state index contributed by atoms with van der Waals surface area (Å²) < 4.78 is 0. The van der Waals surface area contributed by atoms with Crippen molar-refractivity contribution in [1.29, 1.82) is 0 Å². The minimum atomic E-state index is -1.80. The normalized spacial score (nSPS) is 10.0. The number of nitro benzene ring substituents is 1. The molecule has 112 valence electrons. The largest absolute Gasteiger partial charge is 0.545 e. The van der Waals surface area contributed by atoms with E-state index in [1.54, 1.807) is 18.2 Å². The molecule has 0 aromatic heterocycles. The van der Waals surface area contributed by atoms with E-state index < -0.39 is 28.1 Å². The molecule has 8 heteroatoms. The maximum Gasteiger partial charge on any atom is 0.279 e. The van der Waals surface area contributed by atoms with Crippen LogP contribution in [0.3, 0.4) is 0 Å². The standard InChI is InChI=1S/C14H9ClN2O5/c15-8-3-1-4-9(7-8)16-13(18)10-5-2-6-11(17(21)22)12(10)14(19)20/h1-7H,(H,16,18)(H,19,20)/p-1. The molecule has 7 nitrogen and oxygen atoms in total. The minimum absolute atomic E-state index is 0.327. The summed E-state index contributed by atoms with van der Waals surface area (Å²) in [6.07, 6.45) is 0. The van der Waals surface area contributed by atoms with E-state index in [9.17, 15) is 24.8 Å². The van der Waals surface area contributed by atoms with E-state index in [4.69, 9.17) is 11.6 Å². The van der Waals surface area contributed by atoms with E-state index in [1.165, 1.54) is 12.1 Å². The summed E-state index contributed by atoms with van der Waals surface area (Å²) >= 11 is 5.78. The van der Waals surface area contributed by atoms with Crippen LogP contribution < -0.4 is 10.4 Å². The molecular formula is C14H8ClN2O5-. The summed E-state index contributed by atoms with van der Waals surface area (Å²) in [6.45, 7) is 0. The first-order valence-corrected chi connectivity index (χ1v) is 6.33. The first kappa shape index (κ1) is 15.5. The highest BCUT2D eigenvalue weighted by molar-refractivity contribution is 6.31. The topological polar surface area (TPSA) is 112 Å². The summed E-state index contributed by atoms with van der Waals surface area (Å²) in [6, 6.07) is 9.55. The van der Waals surface area contributed by atoms with E-state index in [0.717, 1.165) is 12.1 Å². The Kier molecular flexibility index (Phi) is 4.38. The SMILES string of the molecule is O=C(Nc1cccc(Cl)c1)c1cccc([N+](=O)[O-])c1C(=O)[O-]. The molecule has 0 aliphatic rings. The van der Waals surface area contributed by atoms with Gasteiger partial charge in [0.15, 0.2) is 0 Å². The summed E-state index contributed by atoms with van der Waals surface area (Å²) in [5, 5.41) is 24.8. The second-order valence-corrected chi connectivity index (χ2v) is 4.65. The molecule has 0 atom stereocenters. The molecule has 2 aromatic carbocycles. The van der Waals surface area contributed by atoms with Crippen LogP contribution in [0.5, 0.6) is 0 Å². The first-order valence-electron chi connectivity index (χ1n) is 5.96. The van der Waals surface area contributed by atoms with Crippen molar-refractivity contribution in [2.24, 2.45) is 0 Å². The van der Waals surface area contributed by atoms with Crippen LogP contribution >= 0.6 is 11.6 Å². The van der Waals surface area contributed by atoms with Gasteiger partial charge < -0.3 is 15.2 Å². The fraction of sp³-hybridized carbons (Fsp3) is 0. The van der Waals surface area contributed by atoms with E-state index in [2.05, 4.69) is 5.32 Å². The molecular weight excluding hydrogens is 312 g/mol. The highest BCUT2D eigenvalue weighted by Crippen LogP contribution is 2.23. The molecule has 22 heavy (non-hydrogen) atoms. The Balaban J connectivity index is 2.43. The average Bonchev–Trinajstić information content (AvgIpc) is 2.46. The number of amides is 1. The first-order chi connectivity index (χ1) is 10.4. The molecule has 0 aliphatic heterocycles. The molecule has 0 saturated carbocycles. The third-order valence-electron chi connectivity index (χ3n) is 2.77. The Hall–Kier alpha value is -2.93. The number of carbonyl (C=O) groups is 2. The lowest BCUT2D eigenvalue weighted by atomic mass is 10.0. The molecule has 0 radical (unpaired) electrons. The van der Waals surface area contributed by atoms with Crippen LogP contribution in [0.15, 0.2) is 42.5 Å². The van der Waals surface area contributed by atoms with Crippen molar-refractivity contribution in [2.75, 3.05) is 5.32 Å². The molecule has 2 rings (SSSR count). The van der Waals surface area contributed by atoms with Crippen LogP contribution in [0.1, 0.15) is 20.7 Å². The van der Waals surface area contributed by atoms with Crippen molar-refractivity contribution in [2.45, 2.75) is 0 Å². The van der Waals surface area contributed by atoms with E-state index in [0.29, 0.717) is 10.7 Å². The molecule has 0 bridgehead atoms. The van der Waals surface area contributed by atoms with Crippen LogP contribution in [-0.2, 0) is 0 Å². The highest BCUT2D eigenvalue weighted by Gasteiger charge is 2.22. The minimum Gasteiger partial charge on any atom is -0.545 e. The van der Waals surface area contributed by atoms with Crippen LogP contribution in [0.25, 0.3) is 0 Å². The average molecular weight is 320 g/mol. The number of hydrogen-bond acceptors (Lipinski definition) is 5. The molecule has 0 heterocycles. The van der Waals surface area contributed by atoms with Gasteiger partial charge in [-0.25, -0.2) is 0 Å². The second kappa shape index (κ2) is 6.23. The monoisotopic (exact) mass is 319 g/mol. The van der Waals surface area contributed by atoms with Crippen molar-refractivity contribution >= 4 is 34.9 Å². The molecule has 1 amide bonds. The van der Waals surface area contributed by atoms with Crippen molar-refractivity contribution in [3.8, 4) is 0 Å². The summed E-state index contributed by atoms with van der Waals surface area (Å²) in [5.41, 5.74) is -1.52. The molecule has 0 aliphatic carbocycles. The molecule has 0 unspecified atom stereocenters. The molecule has 0 spiro atoms. The van der Waals surface area contributed by atoms with Crippen molar-refractivity contribution in [1.82, 2.24) is 0 Å². The zero-order chi connectivity index (χ0) is 16.3. The van der Waals surface area contributed by atoms with Gasteiger partial charge in [0.25, 0.3) is 11.6 Å². The molecule has 1 N–H and O–H groups in total. The maximum atomic E-state index is 12.2. The fourth-order valence-electron chi connectivity index (χ4n) is 1.86. The van der Waals surface area contributed by atoms with Gasteiger partial charge in [-0.2, -0.15) is 0 Å². The smallest absolute Gasteiger partial charge is 0.279 e. The number of aromatic carboxylic acids is 1. The lowest BCUT2D eigenvalue weighted by Crippen LogP contribution is -2.27. The third-order valence-corrected chi connectivity index (χ3v) is 3.01. The summed E-state index contributed by atoms with van der Waals surface area (Å²) in [7, 11) is 0. The van der Waals surface area contributed by atoms with E-state index >= 15 is 0 Å². The summed E-state index contributed by atoms with van der Waals surface area (Å²) in [5.74, 6) is -2.62. The highest BCUT2D eigenvalue weighted by atomic mass is 35.5. The number of anilines is 1. The Morgan fingerprint density at radius 2 is 1.82 bits per heavy atom. The van der Waals surface area contributed by atoms with E-state index in [-0.39, 0.29) is 5.56 Å².